The Morgan fingerprint density at radius 3 is 2.64 bits per heavy atom. The van der Waals surface area contributed by atoms with E-state index in [0.29, 0.717) is 0 Å². The van der Waals surface area contributed by atoms with Crippen molar-refractivity contribution in [2.24, 2.45) is 0 Å². The van der Waals surface area contributed by atoms with Crippen LogP contribution in [0.5, 0.6) is 5.75 Å². The van der Waals surface area contributed by atoms with E-state index in [1.54, 1.807) is 7.11 Å². The fourth-order valence-corrected chi connectivity index (χ4v) is 3.20. The largest absolute Gasteiger partial charge is 0.497 e. The molecule has 1 amide bonds. The van der Waals surface area contributed by atoms with Crippen molar-refractivity contribution in [3.05, 3.63) is 66.2 Å². The maximum absolute atomic E-state index is 12.6. The fraction of sp³-hybridized carbons (Fsp3) is 0.286. The number of hydrogen-bond donors (Lipinski definition) is 2. The molecule has 2 N–H and O–H groups in total. The summed E-state index contributed by atoms with van der Waals surface area (Å²) in [5, 5.41) is 3.00. The van der Waals surface area contributed by atoms with E-state index in [4.69, 9.17) is 4.74 Å². The maximum atomic E-state index is 12.6. The maximum Gasteiger partial charge on any atom is 0.282 e. The van der Waals surface area contributed by atoms with E-state index in [2.05, 4.69) is 35.7 Å². The normalized spacial score (nSPS) is 18.2. The molecule has 25 heavy (non-hydrogen) atoms. The lowest BCUT2D eigenvalue weighted by atomic mass is 9.99. The van der Waals surface area contributed by atoms with Gasteiger partial charge in [-0.25, -0.2) is 0 Å². The predicted molar refractivity (Wildman–Crippen MR) is 101 cm³/mol. The van der Waals surface area contributed by atoms with Gasteiger partial charge in [-0.3, -0.25) is 4.79 Å². The van der Waals surface area contributed by atoms with Gasteiger partial charge in [-0.1, -0.05) is 36.4 Å². The zero-order valence-corrected chi connectivity index (χ0v) is 14.8. The van der Waals surface area contributed by atoms with Crippen LogP contribution in [0.3, 0.4) is 0 Å². The minimum atomic E-state index is -0.0974. The second-order valence-corrected chi connectivity index (χ2v) is 6.40. The molecule has 1 heterocycles. The van der Waals surface area contributed by atoms with E-state index < -0.39 is 0 Å². The summed E-state index contributed by atoms with van der Waals surface area (Å²) >= 11 is 0. The van der Waals surface area contributed by atoms with Crippen LogP contribution in [0.2, 0.25) is 0 Å². The summed E-state index contributed by atoms with van der Waals surface area (Å²) in [6, 6.07) is 17.8. The van der Waals surface area contributed by atoms with Gasteiger partial charge in [-0.05, 0) is 36.3 Å². The molecule has 1 unspecified atom stereocenters. The molecule has 1 aliphatic rings. The number of carbonyl (C=O) groups excluding carboxylic acids is 1. The van der Waals surface area contributed by atoms with E-state index >= 15 is 0 Å². The van der Waals surface area contributed by atoms with Crippen LogP contribution >= 0.6 is 0 Å². The quantitative estimate of drug-likeness (QED) is 0.880. The number of benzene rings is 2. The van der Waals surface area contributed by atoms with E-state index in [-0.39, 0.29) is 11.9 Å². The fourth-order valence-electron chi connectivity index (χ4n) is 3.20. The van der Waals surface area contributed by atoms with Crippen molar-refractivity contribution in [1.82, 2.24) is 0 Å². The summed E-state index contributed by atoms with van der Waals surface area (Å²) in [6.07, 6.45) is 3.26. The first-order valence-corrected chi connectivity index (χ1v) is 8.71. The molecule has 0 radical (unpaired) electrons. The van der Waals surface area contributed by atoms with Crippen LogP contribution in [-0.2, 0) is 4.79 Å². The number of rotatable bonds is 5. The average molecular weight is 337 g/mol. The Bertz CT molecular complexity index is 756. The summed E-state index contributed by atoms with van der Waals surface area (Å²) in [5.74, 6) is 0.783. The first kappa shape index (κ1) is 17.2. The highest BCUT2D eigenvalue weighted by molar-refractivity contribution is 5.93. The molecule has 0 aliphatic carbocycles. The van der Waals surface area contributed by atoms with Gasteiger partial charge in [0.2, 0.25) is 0 Å². The Balaban J connectivity index is 1.61. The van der Waals surface area contributed by atoms with Gasteiger partial charge in [0.15, 0.2) is 6.04 Å². The molecule has 0 saturated carbocycles. The molecular formula is C21H25N2O2+. The molecule has 4 nitrogen and oxygen atoms in total. The molecule has 130 valence electrons. The molecule has 2 aromatic rings. The zero-order chi connectivity index (χ0) is 17.6. The number of nitrogens with one attached hydrogen (secondary N) is 2. The van der Waals surface area contributed by atoms with Gasteiger partial charge < -0.3 is 15.0 Å². The van der Waals surface area contributed by atoms with E-state index in [9.17, 15) is 4.79 Å². The second-order valence-electron chi connectivity index (χ2n) is 6.40. The Hall–Kier alpha value is -2.59. The lowest BCUT2D eigenvalue weighted by molar-refractivity contribution is -0.909. The number of methoxy groups -OCH3 is 1. The molecule has 4 heteroatoms. The Kier molecular flexibility index (Phi) is 5.51. The highest BCUT2D eigenvalue weighted by atomic mass is 16.5. The summed E-state index contributed by atoms with van der Waals surface area (Å²) < 4.78 is 5.20. The summed E-state index contributed by atoms with van der Waals surface area (Å²) in [5.41, 5.74) is 3.44. The first-order chi connectivity index (χ1) is 12.2. The average Bonchev–Trinajstić information content (AvgIpc) is 2.68. The molecule has 0 saturated heterocycles. The van der Waals surface area contributed by atoms with Gasteiger partial charge >= 0.3 is 0 Å². The van der Waals surface area contributed by atoms with Crippen molar-refractivity contribution in [1.29, 1.82) is 0 Å². The van der Waals surface area contributed by atoms with Crippen molar-refractivity contribution in [2.45, 2.75) is 19.4 Å². The minimum Gasteiger partial charge on any atom is -0.497 e. The minimum absolute atomic E-state index is 0.0415. The third-order valence-corrected chi connectivity index (χ3v) is 4.81. The van der Waals surface area contributed by atoms with Crippen molar-refractivity contribution < 1.29 is 14.4 Å². The van der Waals surface area contributed by atoms with Gasteiger partial charge in [0.25, 0.3) is 5.91 Å². The Morgan fingerprint density at radius 1 is 1.16 bits per heavy atom. The number of ether oxygens (including phenoxy) is 1. The van der Waals surface area contributed by atoms with Crippen molar-refractivity contribution in [2.75, 3.05) is 25.5 Å². The van der Waals surface area contributed by atoms with Crippen LogP contribution in [0.4, 0.5) is 5.69 Å². The predicted octanol–water partition coefficient (Wildman–Crippen LogP) is 2.39. The van der Waals surface area contributed by atoms with Gasteiger partial charge in [-0.15, -0.1) is 0 Å². The summed E-state index contributed by atoms with van der Waals surface area (Å²) in [4.78, 5) is 13.9. The van der Waals surface area contributed by atoms with Gasteiger partial charge in [0.05, 0.1) is 20.2 Å². The topological polar surface area (TPSA) is 42.8 Å². The van der Waals surface area contributed by atoms with E-state index in [1.807, 2.05) is 37.3 Å². The molecule has 2 atom stereocenters. The van der Waals surface area contributed by atoms with Crippen LogP contribution in [0, 0.1) is 0 Å². The van der Waals surface area contributed by atoms with Crippen LogP contribution in [0.15, 0.2) is 60.7 Å². The standard InChI is InChI=1S/C21H24N2O2/c1-16(21(24)22-19-9-6-10-20(15-19)25-2)23-13-11-18(12-14-23)17-7-4-3-5-8-17/h3-11,15-16H,12-14H2,1-2H3,(H,22,24)/p+1/t16-/m1/s1. The van der Waals surface area contributed by atoms with Crippen molar-refractivity contribution >= 4 is 17.2 Å². The molecule has 1 aliphatic heterocycles. The van der Waals surface area contributed by atoms with Gasteiger partial charge in [-0.2, -0.15) is 0 Å². The zero-order valence-electron chi connectivity index (χ0n) is 14.8. The third kappa shape index (κ3) is 4.28. The highest BCUT2D eigenvalue weighted by Crippen LogP contribution is 2.18. The molecule has 2 aromatic carbocycles. The van der Waals surface area contributed by atoms with Crippen molar-refractivity contribution in [3.63, 3.8) is 0 Å². The third-order valence-electron chi connectivity index (χ3n) is 4.81. The van der Waals surface area contributed by atoms with Crippen molar-refractivity contribution in [3.8, 4) is 5.75 Å². The summed E-state index contributed by atoms with van der Waals surface area (Å²) in [6.45, 7) is 3.83. The SMILES string of the molecule is COc1cccc(NC(=O)[C@@H](C)[NH+]2CC=C(c3ccccc3)CC2)c1. The lowest BCUT2D eigenvalue weighted by Gasteiger charge is -2.28. The first-order valence-electron chi connectivity index (χ1n) is 8.71. The summed E-state index contributed by atoms with van der Waals surface area (Å²) in [7, 11) is 1.62. The second kappa shape index (κ2) is 7.99. The van der Waals surface area contributed by atoms with Gasteiger partial charge in [0.1, 0.15) is 5.75 Å². The highest BCUT2D eigenvalue weighted by Gasteiger charge is 2.27. The van der Waals surface area contributed by atoms with Gasteiger partial charge in [0, 0.05) is 18.2 Å². The van der Waals surface area contributed by atoms with Crippen LogP contribution in [-0.4, -0.2) is 32.1 Å². The number of hydrogen-bond acceptors (Lipinski definition) is 2. The molecule has 0 bridgehead atoms. The molecule has 3 rings (SSSR count). The molecule has 0 spiro atoms. The number of quaternary nitrogens is 1. The number of amides is 1. The molecule has 0 fully saturated rings. The molecular weight excluding hydrogens is 312 g/mol. The van der Waals surface area contributed by atoms with E-state index in [1.165, 1.54) is 16.0 Å². The number of anilines is 1. The number of carbonyl (C=O) groups is 1. The Labute approximate surface area is 149 Å². The smallest absolute Gasteiger partial charge is 0.282 e. The van der Waals surface area contributed by atoms with Crippen LogP contribution in [0.1, 0.15) is 18.9 Å². The van der Waals surface area contributed by atoms with E-state index in [0.717, 1.165) is 30.9 Å². The van der Waals surface area contributed by atoms with Crippen LogP contribution < -0.4 is 15.0 Å². The van der Waals surface area contributed by atoms with Crippen LogP contribution in [0.25, 0.3) is 5.57 Å². The molecule has 0 aromatic heterocycles. The lowest BCUT2D eigenvalue weighted by Crippen LogP contribution is -3.17. The monoisotopic (exact) mass is 337 g/mol. The Morgan fingerprint density at radius 2 is 1.96 bits per heavy atom.